The largest absolute Gasteiger partial charge is 0.494 e. The molecule has 1 aliphatic rings. The maximum absolute atomic E-state index is 12.1. The molecule has 0 bridgehead atoms. The van der Waals surface area contributed by atoms with E-state index in [0.29, 0.717) is 30.5 Å². The second-order valence-electron chi connectivity index (χ2n) is 5.31. The van der Waals surface area contributed by atoms with E-state index in [0.717, 1.165) is 11.4 Å². The van der Waals surface area contributed by atoms with Gasteiger partial charge in [0.15, 0.2) is 6.10 Å². The van der Waals surface area contributed by atoms with Gasteiger partial charge in [-0.2, -0.15) is 0 Å². The Bertz CT molecular complexity index is 687. The van der Waals surface area contributed by atoms with Gasteiger partial charge in [-0.15, -0.1) is 0 Å². The first-order valence-corrected chi connectivity index (χ1v) is 8.13. The summed E-state index contributed by atoms with van der Waals surface area (Å²) in [5.74, 6) is 1.46. The third-order valence-corrected chi connectivity index (χ3v) is 3.83. The molecule has 0 saturated carbocycles. The van der Waals surface area contributed by atoms with Crippen LogP contribution in [0.15, 0.2) is 48.5 Å². The van der Waals surface area contributed by atoms with Crippen molar-refractivity contribution >= 4 is 23.4 Å². The second kappa shape index (κ2) is 7.45. The molecule has 126 valence electrons. The summed E-state index contributed by atoms with van der Waals surface area (Å²) < 4.78 is 16.4. The van der Waals surface area contributed by atoms with E-state index in [1.54, 1.807) is 29.2 Å². The molecular weight excluding hydrogens is 330 g/mol. The Morgan fingerprint density at radius 2 is 1.71 bits per heavy atom. The first-order valence-electron chi connectivity index (χ1n) is 7.75. The fraction of sp³-hybridized carbons (Fsp3) is 0.278. The molecule has 0 aromatic heterocycles. The zero-order valence-electron chi connectivity index (χ0n) is 13.3. The van der Waals surface area contributed by atoms with Gasteiger partial charge >= 0.3 is 6.09 Å². The molecule has 1 aliphatic heterocycles. The Hall–Kier alpha value is -2.40. The number of carbonyl (C=O) groups is 1. The molecule has 0 spiro atoms. The number of anilines is 1. The Labute approximate surface area is 145 Å². The summed E-state index contributed by atoms with van der Waals surface area (Å²) in [7, 11) is 0. The molecule has 0 N–H and O–H groups in total. The molecule has 1 saturated heterocycles. The van der Waals surface area contributed by atoms with Crippen LogP contribution in [0.2, 0.25) is 5.02 Å². The average Bonchev–Trinajstić information content (AvgIpc) is 2.96. The number of cyclic esters (lactones) is 1. The van der Waals surface area contributed by atoms with E-state index in [2.05, 4.69) is 0 Å². The normalized spacial score (nSPS) is 16.8. The van der Waals surface area contributed by atoms with Crippen LogP contribution in [-0.2, 0) is 4.74 Å². The highest BCUT2D eigenvalue weighted by atomic mass is 35.5. The Kier molecular flexibility index (Phi) is 5.11. The molecule has 1 atom stereocenters. The molecule has 1 heterocycles. The molecule has 0 aliphatic carbocycles. The first-order chi connectivity index (χ1) is 11.7. The van der Waals surface area contributed by atoms with Gasteiger partial charge in [-0.3, -0.25) is 4.90 Å². The van der Waals surface area contributed by atoms with Crippen LogP contribution in [0.5, 0.6) is 11.5 Å². The monoisotopic (exact) mass is 347 g/mol. The molecule has 0 radical (unpaired) electrons. The van der Waals surface area contributed by atoms with Crippen molar-refractivity contribution in [3.05, 3.63) is 53.6 Å². The fourth-order valence-corrected chi connectivity index (χ4v) is 2.55. The molecule has 2 aromatic carbocycles. The van der Waals surface area contributed by atoms with Crippen molar-refractivity contribution in [2.75, 3.05) is 24.7 Å². The predicted molar refractivity (Wildman–Crippen MR) is 92.2 cm³/mol. The molecule has 1 unspecified atom stereocenters. The summed E-state index contributed by atoms with van der Waals surface area (Å²) in [6.45, 7) is 3.27. The highest BCUT2D eigenvalue weighted by Gasteiger charge is 2.32. The number of nitrogens with zero attached hydrogens (tertiary/aromatic N) is 1. The van der Waals surface area contributed by atoms with Gasteiger partial charge < -0.3 is 14.2 Å². The second-order valence-corrected chi connectivity index (χ2v) is 5.74. The maximum Gasteiger partial charge on any atom is 0.414 e. The third kappa shape index (κ3) is 3.92. The number of halogens is 1. The van der Waals surface area contributed by atoms with Crippen molar-refractivity contribution in [2.45, 2.75) is 13.0 Å². The quantitative estimate of drug-likeness (QED) is 0.787. The lowest BCUT2D eigenvalue weighted by molar-refractivity contribution is 0.105. The summed E-state index contributed by atoms with van der Waals surface area (Å²) >= 11 is 5.84. The van der Waals surface area contributed by atoms with Gasteiger partial charge in [-0.05, 0) is 55.5 Å². The smallest absolute Gasteiger partial charge is 0.414 e. The average molecular weight is 348 g/mol. The summed E-state index contributed by atoms with van der Waals surface area (Å²) in [5.41, 5.74) is 0.775. The van der Waals surface area contributed by atoms with Gasteiger partial charge in [-0.1, -0.05) is 11.6 Å². The van der Waals surface area contributed by atoms with Crippen molar-refractivity contribution in [1.82, 2.24) is 0 Å². The molecule has 1 amide bonds. The van der Waals surface area contributed by atoms with Crippen LogP contribution >= 0.6 is 11.6 Å². The molecule has 24 heavy (non-hydrogen) atoms. The number of rotatable bonds is 6. The number of hydrogen-bond acceptors (Lipinski definition) is 4. The molecular formula is C18H18ClNO4. The van der Waals surface area contributed by atoms with Crippen molar-refractivity contribution in [3.63, 3.8) is 0 Å². The lowest BCUT2D eigenvalue weighted by Gasteiger charge is -2.14. The number of amides is 1. The SMILES string of the molecule is CCOc1ccc(N2CC(COc3ccc(Cl)cc3)OC2=O)cc1. The standard InChI is InChI=1S/C18H18ClNO4/c1-2-22-15-9-5-14(6-10-15)20-11-17(24-18(20)21)12-23-16-7-3-13(19)4-8-16/h3-10,17H,2,11-12H2,1H3. The van der Waals surface area contributed by atoms with E-state index in [9.17, 15) is 4.79 Å². The first kappa shape index (κ1) is 16.5. The van der Waals surface area contributed by atoms with Gasteiger partial charge in [0.1, 0.15) is 18.1 Å². The van der Waals surface area contributed by atoms with E-state index < -0.39 is 0 Å². The van der Waals surface area contributed by atoms with Crippen LogP contribution in [-0.4, -0.2) is 32.0 Å². The Morgan fingerprint density at radius 3 is 2.38 bits per heavy atom. The highest BCUT2D eigenvalue weighted by Crippen LogP contribution is 2.25. The summed E-state index contributed by atoms with van der Waals surface area (Å²) in [5, 5.41) is 0.649. The third-order valence-electron chi connectivity index (χ3n) is 3.58. The van der Waals surface area contributed by atoms with Gasteiger partial charge in [0.2, 0.25) is 0 Å². The van der Waals surface area contributed by atoms with E-state index in [-0.39, 0.29) is 12.2 Å². The van der Waals surface area contributed by atoms with Gasteiger partial charge in [0.25, 0.3) is 0 Å². The van der Waals surface area contributed by atoms with Crippen LogP contribution in [0.3, 0.4) is 0 Å². The molecule has 6 heteroatoms. The van der Waals surface area contributed by atoms with Gasteiger partial charge in [-0.25, -0.2) is 4.79 Å². The molecule has 1 fully saturated rings. The van der Waals surface area contributed by atoms with Crippen LogP contribution < -0.4 is 14.4 Å². The van der Waals surface area contributed by atoms with E-state index >= 15 is 0 Å². The highest BCUT2D eigenvalue weighted by molar-refractivity contribution is 6.30. The number of hydrogen-bond donors (Lipinski definition) is 0. The van der Waals surface area contributed by atoms with Crippen molar-refractivity contribution in [3.8, 4) is 11.5 Å². The number of carbonyl (C=O) groups excluding carboxylic acids is 1. The fourth-order valence-electron chi connectivity index (χ4n) is 2.43. The van der Waals surface area contributed by atoms with Crippen molar-refractivity contribution in [1.29, 1.82) is 0 Å². The zero-order valence-corrected chi connectivity index (χ0v) is 14.0. The lowest BCUT2D eigenvalue weighted by Crippen LogP contribution is -2.26. The van der Waals surface area contributed by atoms with Crippen LogP contribution in [0.25, 0.3) is 0 Å². The van der Waals surface area contributed by atoms with Crippen LogP contribution in [0.1, 0.15) is 6.92 Å². The Balaban J connectivity index is 1.57. The molecule has 5 nitrogen and oxygen atoms in total. The van der Waals surface area contributed by atoms with E-state index in [1.807, 2.05) is 31.2 Å². The summed E-state index contributed by atoms with van der Waals surface area (Å²) in [6, 6.07) is 14.4. The lowest BCUT2D eigenvalue weighted by atomic mass is 10.2. The Morgan fingerprint density at radius 1 is 1.08 bits per heavy atom. The number of ether oxygens (including phenoxy) is 3. The minimum atomic E-state index is -0.371. The summed E-state index contributed by atoms with van der Waals surface area (Å²) in [4.78, 5) is 13.6. The predicted octanol–water partition coefficient (Wildman–Crippen LogP) is 4.14. The van der Waals surface area contributed by atoms with Gasteiger partial charge in [0.05, 0.1) is 13.2 Å². The van der Waals surface area contributed by atoms with Crippen molar-refractivity contribution < 1.29 is 19.0 Å². The maximum atomic E-state index is 12.1. The minimum absolute atomic E-state index is 0.293. The van der Waals surface area contributed by atoms with E-state index in [4.69, 9.17) is 25.8 Å². The van der Waals surface area contributed by atoms with Crippen molar-refractivity contribution in [2.24, 2.45) is 0 Å². The van der Waals surface area contributed by atoms with Crippen LogP contribution in [0, 0.1) is 0 Å². The molecule has 2 aromatic rings. The summed E-state index contributed by atoms with van der Waals surface area (Å²) in [6.07, 6.45) is -0.691. The minimum Gasteiger partial charge on any atom is -0.494 e. The zero-order chi connectivity index (χ0) is 16.9. The number of benzene rings is 2. The van der Waals surface area contributed by atoms with E-state index in [1.165, 1.54) is 0 Å². The van der Waals surface area contributed by atoms with Gasteiger partial charge in [0, 0.05) is 10.7 Å². The van der Waals surface area contributed by atoms with Crippen LogP contribution in [0.4, 0.5) is 10.5 Å². The molecule has 3 rings (SSSR count). The topological polar surface area (TPSA) is 48.0 Å².